The fourth-order valence-corrected chi connectivity index (χ4v) is 6.32. The number of aromatic amines is 1. The normalized spacial score (nSPS) is 26.6. The van der Waals surface area contributed by atoms with Crippen molar-refractivity contribution in [2.45, 2.75) is 95.6 Å². The van der Waals surface area contributed by atoms with Crippen molar-refractivity contribution >= 4 is 46.3 Å². The van der Waals surface area contributed by atoms with E-state index in [4.69, 9.17) is 4.74 Å². The number of aliphatic hydroxyl groups is 1. The summed E-state index contributed by atoms with van der Waals surface area (Å²) in [7, 11) is 1.35. The molecule has 0 saturated carbocycles. The first kappa shape index (κ1) is 37.3. The first-order chi connectivity index (χ1) is 23.4. The number of methoxy groups -OCH3 is 1. The number of amides is 6. The van der Waals surface area contributed by atoms with Crippen LogP contribution in [0.25, 0.3) is 10.9 Å². The largest absolute Gasteiger partial charge is 0.391 e. The highest BCUT2D eigenvalue weighted by atomic mass is 16.5. The molecule has 15 nitrogen and oxygen atoms in total. The third kappa shape index (κ3) is 10.0. The van der Waals surface area contributed by atoms with Gasteiger partial charge in [-0.15, -0.1) is 0 Å². The highest BCUT2D eigenvalue weighted by molar-refractivity contribution is 5.97. The molecule has 2 aliphatic rings. The molecule has 4 rings (SSSR count). The number of ether oxygens (including phenoxy) is 1. The number of hydrogen-bond acceptors (Lipinski definition) is 8. The Hall–Kier alpha value is -4.50. The number of benzene rings is 1. The average molecular weight is 684 g/mol. The lowest BCUT2D eigenvalue weighted by Gasteiger charge is -2.30. The summed E-state index contributed by atoms with van der Waals surface area (Å²) in [5, 5.41) is 25.1. The third-order valence-electron chi connectivity index (χ3n) is 8.82. The number of fused-ring (bicyclic) bond motifs is 2. The lowest BCUT2D eigenvalue weighted by atomic mass is 10.00. The monoisotopic (exact) mass is 683 g/mol. The van der Waals surface area contributed by atoms with Gasteiger partial charge in [0.05, 0.1) is 6.10 Å². The zero-order chi connectivity index (χ0) is 35.7. The number of nitrogens with one attached hydrogen (secondary N) is 6. The summed E-state index contributed by atoms with van der Waals surface area (Å²) in [6.45, 7) is 5.18. The Kier molecular flexibility index (Phi) is 13.1. The molecule has 0 bridgehead atoms. The molecule has 6 atom stereocenters. The van der Waals surface area contributed by atoms with Crippen LogP contribution in [0.1, 0.15) is 58.4 Å². The van der Waals surface area contributed by atoms with Crippen LogP contribution in [-0.2, 0) is 39.9 Å². The summed E-state index contributed by atoms with van der Waals surface area (Å²) >= 11 is 0. The van der Waals surface area contributed by atoms with Crippen LogP contribution >= 0.6 is 0 Å². The minimum absolute atomic E-state index is 0.0233. The summed E-state index contributed by atoms with van der Waals surface area (Å²) in [6, 6.07) is 2.30. The van der Waals surface area contributed by atoms with E-state index in [2.05, 4.69) is 31.6 Å². The van der Waals surface area contributed by atoms with E-state index in [1.165, 1.54) is 18.9 Å². The lowest BCUT2D eigenvalue weighted by Crippen LogP contribution is -2.59. The van der Waals surface area contributed by atoms with Gasteiger partial charge < -0.3 is 46.3 Å². The van der Waals surface area contributed by atoms with Gasteiger partial charge in [-0.05, 0) is 50.2 Å². The van der Waals surface area contributed by atoms with Crippen LogP contribution in [0.15, 0.2) is 30.5 Å². The van der Waals surface area contributed by atoms with Crippen LogP contribution in [0.3, 0.4) is 0 Å². The summed E-state index contributed by atoms with van der Waals surface area (Å²) in [5.74, 6) is -3.32. The van der Waals surface area contributed by atoms with Crippen LogP contribution in [0.2, 0.25) is 0 Å². The Morgan fingerprint density at radius 3 is 2.47 bits per heavy atom. The maximum absolute atomic E-state index is 14.0. The van der Waals surface area contributed by atoms with E-state index in [0.717, 1.165) is 16.5 Å². The van der Waals surface area contributed by atoms with Gasteiger partial charge >= 0.3 is 0 Å². The molecule has 0 unspecified atom stereocenters. The molecule has 3 heterocycles. The van der Waals surface area contributed by atoms with Gasteiger partial charge in [-0.25, -0.2) is 0 Å². The van der Waals surface area contributed by atoms with Crippen molar-refractivity contribution in [2.75, 3.05) is 26.8 Å². The first-order valence-corrected chi connectivity index (χ1v) is 16.9. The van der Waals surface area contributed by atoms with E-state index in [0.29, 0.717) is 12.8 Å². The summed E-state index contributed by atoms with van der Waals surface area (Å²) in [5.41, 5.74) is 1.59. The molecule has 6 amide bonds. The number of hydrogen-bond donors (Lipinski definition) is 7. The molecule has 1 aromatic carbocycles. The number of rotatable bonds is 7. The van der Waals surface area contributed by atoms with Gasteiger partial charge in [0, 0.05) is 50.1 Å². The van der Waals surface area contributed by atoms with E-state index >= 15 is 0 Å². The maximum atomic E-state index is 14.0. The van der Waals surface area contributed by atoms with Gasteiger partial charge in [0.1, 0.15) is 36.8 Å². The molecule has 7 N–H and O–H groups in total. The van der Waals surface area contributed by atoms with E-state index in [9.17, 15) is 33.9 Å². The Morgan fingerprint density at radius 1 is 1.00 bits per heavy atom. The number of carbonyl (C=O) groups is 6. The maximum Gasteiger partial charge on any atom is 0.246 e. The van der Waals surface area contributed by atoms with E-state index < -0.39 is 71.8 Å². The zero-order valence-corrected chi connectivity index (χ0v) is 28.5. The van der Waals surface area contributed by atoms with Gasteiger partial charge in [-0.3, -0.25) is 28.8 Å². The van der Waals surface area contributed by atoms with Gasteiger partial charge in [-0.1, -0.05) is 32.0 Å². The first-order valence-electron chi connectivity index (χ1n) is 16.9. The molecule has 2 aromatic rings. The molecule has 49 heavy (non-hydrogen) atoms. The number of aliphatic hydroxyl groups excluding tert-OH is 1. The SMILES string of the molecule is COCC(=O)N[C@H]1CCCCNC(=O)[C@@H]2C[C@@H](O)CN2C(=O)[C@@H](CC(C)C)NC(=O)[C@H](Cc2c[nH]c3ccccc23)NC(=O)[C@@H](C)NC1=O. The molecular weight excluding hydrogens is 634 g/mol. The molecule has 1 aromatic heterocycles. The number of aromatic nitrogens is 1. The van der Waals surface area contributed by atoms with Crippen molar-refractivity contribution in [1.29, 1.82) is 0 Å². The molecule has 2 aliphatic heterocycles. The van der Waals surface area contributed by atoms with Crippen molar-refractivity contribution in [1.82, 2.24) is 36.5 Å². The smallest absolute Gasteiger partial charge is 0.246 e. The van der Waals surface area contributed by atoms with Crippen molar-refractivity contribution in [3.8, 4) is 0 Å². The third-order valence-corrected chi connectivity index (χ3v) is 8.82. The molecule has 0 spiro atoms. The molecule has 2 fully saturated rings. The molecule has 15 heteroatoms. The lowest BCUT2D eigenvalue weighted by molar-refractivity contribution is -0.142. The van der Waals surface area contributed by atoms with Crippen LogP contribution in [-0.4, -0.2) is 114 Å². The fraction of sp³-hybridized carbons (Fsp3) is 0.588. The van der Waals surface area contributed by atoms with Crippen LogP contribution in [0.4, 0.5) is 0 Å². The molecule has 2 saturated heterocycles. The highest BCUT2D eigenvalue weighted by Crippen LogP contribution is 2.22. The van der Waals surface area contributed by atoms with Gasteiger partial charge in [0.25, 0.3) is 0 Å². The van der Waals surface area contributed by atoms with Crippen molar-refractivity contribution < 1.29 is 38.6 Å². The van der Waals surface area contributed by atoms with Crippen molar-refractivity contribution in [3.05, 3.63) is 36.0 Å². The Balaban J connectivity index is 1.67. The van der Waals surface area contributed by atoms with Crippen molar-refractivity contribution in [2.24, 2.45) is 5.92 Å². The summed E-state index contributed by atoms with van der Waals surface area (Å²) in [6.07, 6.45) is 2.29. The second-order valence-corrected chi connectivity index (χ2v) is 13.3. The van der Waals surface area contributed by atoms with Crippen LogP contribution in [0, 0.1) is 5.92 Å². The Morgan fingerprint density at radius 2 is 1.73 bits per heavy atom. The van der Waals surface area contributed by atoms with Gasteiger partial charge in [-0.2, -0.15) is 0 Å². The van der Waals surface area contributed by atoms with Crippen LogP contribution in [0.5, 0.6) is 0 Å². The standard InChI is InChI=1S/C34H49N7O8/c1-19(2)13-27-34(48)41-17-22(42)15-28(41)33(47)35-12-8-7-11-25(38-29(43)18-49-4)31(45)37-20(3)30(44)39-26(32(46)40-27)14-21-16-36-24-10-6-5-9-23(21)24/h5-6,9-10,16,19-20,22,25-28,36,42H,7-8,11-15,17-18H2,1-4H3,(H,35,47)(H,37,45)(H,38,43)(H,39,44)(H,40,46)/t20-,22-,25+,26+,27-,28+/m1/s1. The minimum Gasteiger partial charge on any atom is -0.391 e. The van der Waals surface area contributed by atoms with Gasteiger partial charge in [0.15, 0.2) is 0 Å². The number of carbonyl (C=O) groups excluding carboxylic acids is 6. The molecular formula is C34H49N7O8. The topological polar surface area (TPSA) is 211 Å². The van der Waals surface area contributed by atoms with E-state index in [1.807, 2.05) is 38.1 Å². The second kappa shape index (κ2) is 17.2. The predicted octanol–water partition coefficient (Wildman–Crippen LogP) is -0.376. The second-order valence-electron chi connectivity index (χ2n) is 13.3. The minimum atomic E-state index is -1.16. The zero-order valence-electron chi connectivity index (χ0n) is 28.5. The summed E-state index contributed by atoms with van der Waals surface area (Å²) in [4.78, 5) is 85.0. The Labute approximate surface area is 285 Å². The molecule has 0 aliphatic carbocycles. The molecule has 268 valence electrons. The van der Waals surface area contributed by atoms with E-state index in [1.54, 1.807) is 6.20 Å². The fourth-order valence-electron chi connectivity index (χ4n) is 6.32. The Bertz CT molecular complexity index is 1510. The summed E-state index contributed by atoms with van der Waals surface area (Å²) < 4.78 is 4.88. The quantitative estimate of drug-likeness (QED) is 0.204. The van der Waals surface area contributed by atoms with E-state index in [-0.39, 0.29) is 51.3 Å². The molecule has 0 radical (unpaired) electrons. The highest BCUT2D eigenvalue weighted by Gasteiger charge is 2.42. The number of H-pyrrole nitrogens is 1. The van der Waals surface area contributed by atoms with Crippen molar-refractivity contribution in [3.63, 3.8) is 0 Å². The van der Waals surface area contributed by atoms with Crippen LogP contribution < -0.4 is 26.6 Å². The predicted molar refractivity (Wildman–Crippen MR) is 180 cm³/mol. The number of para-hydroxylation sites is 1. The number of nitrogens with zero attached hydrogens (tertiary/aromatic N) is 1. The van der Waals surface area contributed by atoms with Gasteiger partial charge in [0.2, 0.25) is 35.4 Å². The average Bonchev–Trinajstić information content (AvgIpc) is 3.65.